The van der Waals surface area contributed by atoms with Gasteiger partial charge in [0, 0.05) is 21.2 Å². The van der Waals surface area contributed by atoms with E-state index < -0.39 is 5.79 Å². The summed E-state index contributed by atoms with van der Waals surface area (Å²) in [6.07, 6.45) is 0.790. The standard InChI is InChI=1S/C20H13BrO3/c21-17-12-19-18(11-14(17)13-22)23-20(24-19,15-7-3-1-4-8-15)16-9-5-2-6-10-16/h1-13H. The van der Waals surface area contributed by atoms with E-state index in [1.165, 1.54) is 0 Å². The Morgan fingerprint density at radius 3 is 1.79 bits per heavy atom. The summed E-state index contributed by atoms with van der Waals surface area (Å²) in [7, 11) is 0. The van der Waals surface area contributed by atoms with Gasteiger partial charge in [-0.3, -0.25) is 4.79 Å². The lowest BCUT2D eigenvalue weighted by atomic mass is 9.97. The molecule has 1 aliphatic heterocycles. The first-order chi connectivity index (χ1) is 11.7. The summed E-state index contributed by atoms with van der Waals surface area (Å²) in [6.45, 7) is 0. The third-order valence-corrected chi connectivity index (χ3v) is 4.69. The maximum absolute atomic E-state index is 11.2. The van der Waals surface area contributed by atoms with E-state index in [4.69, 9.17) is 9.47 Å². The average Bonchev–Trinajstić information content (AvgIpc) is 3.02. The molecule has 1 heterocycles. The van der Waals surface area contributed by atoms with E-state index in [9.17, 15) is 4.79 Å². The molecule has 0 aliphatic carbocycles. The van der Waals surface area contributed by atoms with Crippen LogP contribution in [-0.2, 0) is 5.79 Å². The summed E-state index contributed by atoms with van der Waals surface area (Å²) >= 11 is 3.39. The molecule has 3 aromatic rings. The summed E-state index contributed by atoms with van der Waals surface area (Å²) in [6, 6.07) is 23.0. The van der Waals surface area contributed by atoms with Crippen LogP contribution in [0.1, 0.15) is 21.5 Å². The van der Waals surface area contributed by atoms with E-state index in [-0.39, 0.29) is 0 Å². The van der Waals surface area contributed by atoms with Gasteiger partial charge < -0.3 is 9.47 Å². The molecule has 4 rings (SSSR count). The summed E-state index contributed by atoms with van der Waals surface area (Å²) < 4.78 is 13.2. The van der Waals surface area contributed by atoms with Crippen molar-refractivity contribution >= 4 is 22.2 Å². The van der Waals surface area contributed by atoms with Crippen molar-refractivity contribution in [1.82, 2.24) is 0 Å². The zero-order valence-corrected chi connectivity index (χ0v) is 14.2. The van der Waals surface area contributed by atoms with Crippen molar-refractivity contribution in [3.8, 4) is 11.5 Å². The lowest BCUT2D eigenvalue weighted by Gasteiger charge is -2.28. The van der Waals surface area contributed by atoms with Crippen molar-refractivity contribution in [3.63, 3.8) is 0 Å². The van der Waals surface area contributed by atoms with Crippen LogP contribution in [-0.4, -0.2) is 6.29 Å². The van der Waals surface area contributed by atoms with E-state index in [0.29, 0.717) is 21.5 Å². The Kier molecular flexibility index (Phi) is 3.62. The maximum Gasteiger partial charge on any atom is 0.305 e. The maximum atomic E-state index is 11.2. The highest BCUT2D eigenvalue weighted by Gasteiger charge is 2.45. The van der Waals surface area contributed by atoms with Crippen LogP contribution in [0.2, 0.25) is 0 Å². The number of halogens is 1. The number of hydrogen-bond acceptors (Lipinski definition) is 3. The quantitative estimate of drug-likeness (QED) is 0.604. The Balaban J connectivity index is 1.90. The van der Waals surface area contributed by atoms with Gasteiger partial charge in [0.1, 0.15) is 0 Å². The molecule has 0 saturated heterocycles. The zero-order valence-electron chi connectivity index (χ0n) is 12.6. The van der Waals surface area contributed by atoms with Gasteiger partial charge in [-0.2, -0.15) is 0 Å². The van der Waals surface area contributed by atoms with Crippen LogP contribution in [0.25, 0.3) is 0 Å². The van der Waals surface area contributed by atoms with Gasteiger partial charge in [0.25, 0.3) is 0 Å². The van der Waals surface area contributed by atoms with Gasteiger partial charge >= 0.3 is 5.79 Å². The topological polar surface area (TPSA) is 35.5 Å². The van der Waals surface area contributed by atoms with Gasteiger partial charge in [0.05, 0.1) is 0 Å². The lowest BCUT2D eigenvalue weighted by Crippen LogP contribution is -2.36. The molecule has 0 saturated carbocycles. The smallest absolute Gasteiger partial charge is 0.305 e. The monoisotopic (exact) mass is 380 g/mol. The fraction of sp³-hybridized carbons (Fsp3) is 0.0500. The first kappa shape index (κ1) is 15.0. The number of ether oxygens (including phenoxy) is 2. The van der Waals surface area contributed by atoms with E-state index in [1.807, 2.05) is 60.7 Å². The van der Waals surface area contributed by atoms with Crippen molar-refractivity contribution < 1.29 is 14.3 Å². The molecule has 118 valence electrons. The van der Waals surface area contributed by atoms with Crippen molar-refractivity contribution in [3.05, 3.63) is 94.0 Å². The molecule has 0 N–H and O–H groups in total. The van der Waals surface area contributed by atoms with Crippen LogP contribution in [0, 0.1) is 0 Å². The first-order valence-electron chi connectivity index (χ1n) is 7.51. The van der Waals surface area contributed by atoms with E-state index in [0.717, 1.165) is 17.4 Å². The molecule has 0 aromatic heterocycles. The molecule has 0 bridgehead atoms. The molecule has 0 amide bonds. The molecule has 24 heavy (non-hydrogen) atoms. The number of carbonyl (C=O) groups excluding carboxylic acids is 1. The Morgan fingerprint density at radius 1 is 0.792 bits per heavy atom. The molecule has 0 atom stereocenters. The second kappa shape index (κ2) is 5.80. The van der Waals surface area contributed by atoms with Crippen LogP contribution in [0.4, 0.5) is 0 Å². The van der Waals surface area contributed by atoms with Gasteiger partial charge in [-0.1, -0.05) is 60.7 Å². The number of aldehydes is 1. The predicted molar refractivity (Wildman–Crippen MR) is 94.4 cm³/mol. The fourth-order valence-corrected chi connectivity index (χ4v) is 3.26. The second-order valence-corrected chi connectivity index (χ2v) is 6.35. The highest BCUT2D eigenvalue weighted by atomic mass is 79.9. The van der Waals surface area contributed by atoms with Gasteiger partial charge in [-0.05, 0) is 28.1 Å². The van der Waals surface area contributed by atoms with Crippen LogP contribution in [0.15, 0.2) is 77.3 Å². The zero-order chi connectivity index (χ0) is 16.6. The summed E-state index contributed by atoms with van der Waals surface area (Å²) in [4.78, 5) is 11.2. The number of carbonyl (C=O) groups is 1. The molecule has 0 unspecified atom stereocenters. The van der Waals surface area contributed by atoms with E-state index in [2.05, 4.69) is 15.9 Å². The summed E-state index contributed by atoms with van der Waals surface area (Å²) in [5.41, 5.74) is 2.29. The average molecular weight is 381 g/mol. The number of rotatable bonds is 3. The third-order valence-electron chi connectivity index (χ3n) is 4.01. The van der Waals surface area contributed by atoms with Gasteiger partial charge in [-0.15, -0.1) is 0 Å². The summed E-state index contributed by atoms with van der Waals surface area (Å²) in [5.74, 6) is 0.0828. The molecule has 0 radical (unpaired) electrons. The molecule has 1 aliphatic rings. The third kappa shape index (κ3) is 2.31. The molecule has 0 fully saturated rings. The van der Waals surface area contributed by atoms with Crippen LogP contribution in [0.5, 0.6) is 11.5 Å². The minimum atomic E-state index is -1.06. The largest absolute Gasteiger partial charge is 0.440 e. The molecule has 4 heteroatoms. The SMILES string of the molecule is O=Cc1cc2c(cc1Br)OC(c1ccccc1)(c1ccccc1)O2. The Labute approximate surface area is 148 Å². The van der Waals surface area contributed by atoms with Crippen molar-refractivity contribution in [2.24, 2.45) is 0 Å². The summed E-state index contributed by atoms with van der Waals surface area (Å²) in [5, 5.41) is 0. The molecule has 3 aromatic carbocycles. The Bertz CT molecular complexity index is 852. The molecular formula is C20H13BrO3. The Morgan fingerprint density at radius 2 is 1.29 bits per heavy atom. The molecular weight excluding hydrogens is 368 g/mol. The first-order valence-corrected chi connectivity index (χ1v) is 8.30. The van der Waals surface area contributed by atoms with Crippen molar-refractivity contribution in [1.29, 1.82) is 0 Å². The molecule has 3 nitrogen and oxygen atoms in total. The molecule has 0 spiro atoms. The van der Waals surface area contributed by atoms with Crippen molar-refractivity contribution in [2.45, 2.75) is 5.79 Å². The van der Waals surface area contributed by atoms with Crippen molar-refractivity contribution in [2.75, 3.05) is 0 Å². The number of benzene rings is 3. The highest BCUT2D eigenvalue weighted by Crippen LogP contribution is 2.49. The predicted octanol–water partition coefficient (Wildman–Crippen LogP) is 4.93. The highest BCUT2D eigenvalue weighted by molar-refractivity contribution is 9.10. The second-order valence-electron chi connectivity index (χ2n) is 5.49. The van der Waals surface area contributed by atoms with Crippen LogP contribution in [0.3, 0.4) is 0 Å². The minimum absolute atomic E-state index is 0.522. The minimum Gasteiger partial charge on any atom is -0.440 e. The van der Waals surface area contributed by atoms with Crippen LogP contribution >= 0.6 is 15.9 Å². The Hall–Kier alpha value is -2.59. The van der Waals surface area contributed by atoms with E-state index in [1.54, 1.807) is 12.1 Å². The van der Waals surface area contributed by atoms with Crippen LogP contribution < -0.4 is 9.47 Å². The van der Waals surface area contributed by atoms with E-state index >= 15 is 0 Å². The number of hydrogen-bond donors (Lipinski definition) is 0. The number of fused-ring (bicyclic) bond motifs is 1. The van der Waals surface area contributed by atoms with Gasteiger partial charge in [0.2, 0.25) is 0 Å². The van der Waals surface area contributed by atoms with Gasteiger partial charge in [0.15, 0.2) is 17.8 Å². The lowest BCUT2D eigenvalue weighted by molar-refractivity contribution is -0.0459. The normalized spacial score (nSPS) is 14.4. The fourth-order valence-electron chi connectivity index (χ4n) is 2.85. The van der Waals surface area contributed by atoms with Gasteiger partial charge in [-0.25, -0.2) is 0 Å².